The molecule has 8 heteroatoms. The molecule has 7 nitrogen and oxygen atoms in total. The number of piperidine rings is 1. The highest BCUT2D eigenvalue weighted by Crippen LogP contribution is 2.24. The molecule has 25 heavy (non-hydrogen) atoms. The van der Waals surface area contributed by atoms with Gasteiger partial charge in [0.1, 0.15) is 9.84 Å². The van der Waals surface area contributed by atoms with Crippen molar-refractivity contribution in [3.8, 4) is 0 Å². The van der Waals surface area contributed by atoms with Crippen molar-refractivity contribution in [3.05, 3.63) is 17.0 Å². The van der Waals surface area contributed by atoms with Gasteiger partial charge in [-0.15, -0.1) is 0 Å². The van der Waals surface area contributed by atoms with Crippen molar-refractivity contribution in [2.24, 2.45) is 0 Å². The molecule has 0 radical (unpaired) electrons. The molecule has 2 N–H and O–H groups in total. The Bertz CT molecular complexity index is 736. The Morgan fingerprint density at radius 3 is 2.56 bits per heavy atom. The van der Waals surface area contributed by atoms with Gasteiger partial charge in [-0.3, -0.25) is 9.89 Å². The van der Waals surface area contributed by atoms with Crippen LogP contribution in [0.1, 0.15) is 53.8 Å². The van der Waals surface area contributed by atoms with E-state index in [4.69, 9.17) is 0 Å². The van der Waals surface area contributed by atoms with Crippen LogP contribution >= 0.6 is 0 Å². The summed E-state index contributed by atoms with van der Waals surface area (Å²) < 4.78 is 23.1. The zero-order chi connectivity index (χ0) is 17.4. The van der Waals surface area contributed by atoms with Gasteiger partial charge in [0.2, 0.25) is 0 Å². The summed E-state index contributed by atoms with van der Waals surface area (Å²) in [6.45, 7) is 1.85. The number of aromatic nitrogens is 2. The molecule has 2 fully saturated rings. The van der Waals surface area contributed by atoms with Crippen molar-refractivity contribution in [1.29, 1.82) is 0 Å². The predicted octanol–water partition coefficient (Wildman–Crippen LogP) is 0.670. The largest absolute Gasteiger partial charge is 0.348 e. The minimum Gasteiger partial charge on any atom is -0.348 e. The van der Waals surface area contributed by atoms with Crippen LogP contribution in [0.5, 0.6) is 0 Å². The van der Waals surface area contributed by atoms with Gasteiger partial charge < -0.3 is 10.2 Å². The van der Waals surface area contributed by atoms with E-state index >= 15 is 0 Å². The molecule has 138 valence electrons. The van der Waals surface area contributed by atoms with E-state index < -0.39 is 9.84 Å². The van der Waals surface area contributed by atoms with Crippen molar-refractivity contribution >= 4 is 15.7 Å². The Kier molecular flexibility index (Phi) is 4.58. The second kappa shape index (κ2) is 6.72. The third-order valence-corrected chi connectivity index (χ3v) is 7.64. The summed E-state index contributed by atoms with van der Waals surface area (Å²) >= 11 is 0. The van der Waals surface area contributed by atoms with Crippen LogP contribution in [0.15, 0.2) is 0 Å². The smallest absolute Gasteiger partial charge is 0.272 e. The number of nitrogens with zero attached hydrogens (tertiary/aromatic N) is 2. The van der Waals surface area contributed by atoms with Gasteiger partial charge in [0.25, 0.3) is 5.91 Å². The minimum atomic E-state index is -2.80. The van der Waals surface area contributed by atoms with E-state index in [1.807, 2.05) is 0 Å². The Hall–Kier alpha value is -1.41. The number of carbonyl (C=O) groups is 1. The van der Waals surface area contributed by atoms with Crippen LogP contribution in [0.3, 0.4) is 0 Å². The number of nitrogens with one attached hydrogen (secondary N) is 2. The summed E-state index contributed by atoms with van der Waals surface area (Å²) in [4.78, 5) is 14.9. The van der Waals surface area contributed by atoms with Crippen LogP contribution in [0.25, 0.3) is 0 Å². The lowest BCUT2D eigenvalue weighted by atomic mass is 10.0. The molecule has 0 unspecified atom stereocenters. The number of aryl methyl sites for hydroxylation is 1. The van der Waals surface area contributed by atoms with Gasteiger partial charge in [-0.05, 0) is 44.9 Å². The first-order valence-corrected chi connectivity index (χ1v) is 11.2. The third-order valence-electron chi connectivity index (χ3n) is 5.93. The van der Waals surface area contributed by atoms with Crippen LogP contribution in [0.4, 0.5) is 0 Å². The van der Waals surface area contributed by atoms with Crippen molar-refractivity contribution in [2.45, 2.75) is 57.0 Å². The summed E-state index contributed by atoms with van der Waals surface area (Å²) in [6, 6.07) is 0.569. The van der Waals surface area contributed by atoms with E-state index in [2.05, 4.69) is 20.4 Å². The SMILES string of the molecule is O=C(NC1CCN(C2CCS(=O)(=O)CC2)CC1)c1n[nH]c2c1CCC2. The molecule has 0 spiro atoms. The van der Waals surface area contributed by atoms with Gasteiger partial charge in [-0.25, -0.2) is 8.42 Å². The normalized spacial score (nSPS) is 25.0. The first-order chi connectivity index (χ1) is 12.0. The molecule has 0 bridgehead atoms. The molecule has 0 atom stereocenters. The average Bonchev–Trinajstić information content (AvgIpc) is 3.19. The molecule has 1 aromatic heterocycles. The molecule has 3 heterocycles. The van der Waals surface area contributed by atoms with Gasteiger partial charge in [0, 0.05) is 36.4 Å². The van der Waals surface area contributed by atoms with E-state index in [1.165, 1.54) is 0 Å². The molecule has 2 saturated heterocycles. The number of likely N-dealkylation sites (tertiary alicyclic amines) is 1. The lowest BCUT2D eigenvalue weighted by molar-refractivity contribution is 0.0879. The van der Waals surface area contributed by atoms with Crippen molar-refractivity contribution in [3.63, 3.8) is 0 Å². The van der Waals surface area contributed by atoms with Crippen LogP contribution in [-0.4, -0.2) is 66.1 Å². The molecule has 2 aliphatic heterocycles. The standard InChI is InChI=1S/C17H26N4O3S/c22-17(16-14-2-1-3-15(14)19-20-16)18-12-4-8-21(9-5-12)13-6-10-25(23,24)11-7-13/h12-13H,1-11H2,(H,18,22)(H,19,20). The minimum absolute atomic E-state index is 0.0541. The molecule has 0 saturated carbocycles. The van der Waals surface area contributed by atoms with Crippen LogP contribution < -0.4 is 5.32 Å². The summed E-state index contributed by atoms with van der Waals surface area (Å²) in [5, 5.41) is 10.3. The molecular formula is C17H26N4O3S. The highest BCUT2D eigenvalue weighted by Gasteiger charge is 2.31. The van der Waals surface area contributed by atoms with Crippen LogP contribution in [-0.2, 0) is 22.7 Å². The summed E-state index contributed by atoms with van der Waals surface area (Å²) in [7, 11) is -2.80. The zero-order valence-corrected chi connectivity index (χ0v) is 15.3. The lowest BCUT2D eigenvalue weighted by Gasteiger charge is -2.39. The number of rotatable bonds is 3. The van der Waals surface area contributed by atoms with E-state index in [0.29, 0.717) is 23.2 Å². The average molecular weight is 366 g/mol. The van der Waals surface area contributed by atoms with Crippen LogP contribution in [0.2, 0.25) is 0 Å². The Morgan fingerprint density at radius 2 is 1.84 bits per heavy atom. The second-order valence-corrected chi connectivity index (χ2v) is 9.85. The molecule has 1 aromatic rings. The van der Waals surface area contributed by atoms with Crippen molar-refractivity contribution in [2.75, 3.05) is 24.6 Å². The quantitative estimate of drug-likeness (QED) is 0.820. The van der Waals surface area contributed by atoms with E-state index in [-0.39, 0.29) is 11.9 Å². The first kappa shape index (κ1) is 17.0. The van der Waals surface area contributed by atoms with Crippen molar-refractivity contribution in [1.82, 2.24) is 20.4 Å². The maximum atomic E-state index is 12.5. The fourth-order valence-electron chi connectivity index (χ4n) is 4.41. The van der Waals surface area contributed by atoms with E-state index in [1.54, 1.807) is 0 Å². The Balaban J connectivity index is 1.28. The monoisotopic (exact) mass is 366 g/mol. The Morgan fingerprint density at radius 1 is 1.12 bits per heavy atom. The molecule has 3 aliphatic rings. The maximum absolute atomic E-state index is 12.5. The number of H-pyrrole nitrogens is 1. The number of amides is 1. The number of sulfone groups is 1. The molecule has 0 aromatic carbocycles. The number of hydrogen-bond donors (Lipinski definition) is 2. The number of aromatic amines is 1. The topological polar surface area (TPSA) is 95.2 Å². The van der Waals surface area contributed by atoms with Crippen LogP contribution in [0, 0.1) is 0 Å². The van der Waals surface area contributed by atoms with Gasteiger partial charge in [0.05, 0.1) is 11.5 Å². The Labute approximate surface area is 148 Å². The summed E-state index contributed by atoms with van der Waals surface area (Å²) in [5.41, 5.74) is 2.79. The molecule has 4 rings (SSSR count). The fraction of sp³-hybridized carbons (Fsp3) is 0.765. The number of carbonyl (C=O) groups excluding carboxylic acids is 1. The number of fused-ring (bicyclic) bond motifs is 1. The van der Waals surface area contributed by atoms with Crippen molar-refractivity contribution < 1.29 is 13.2 Å². The third kappa shape index (κ3) is 3.60. The van der Waals surface area contributed by atoms with Gasteiger partial charge in [-0.1, -0.05) is 0 Å². The highest BCUT2D eigenvalue weighted by molar-refractivity contribution is 7.91. The molecule has 1 aliphatic carbocycles. The van der Waals surface area contributed by atoms with Gasteiger partial charge in [0.15, 0.2) is 5.69 Å². The first-order valence-electron chi connectivity index (χ1n) is 9.33. The second-order valence-electron chi connectivity index (χ2n) is 7.55. The zero-order valence-electron chi connectivity index (χ0n) is 14.5. The molecular weight excluding hydrogens is 340 g/mol. The number of hydrogen-bond acceptors (Lipinski definition) is 5. The van der Waals surface area contributed by atoms with Gasteiger partial charge >= 0.3 is 0 Å². The van der Waals surface area contributed by atoms with E-state index in [9.17, 15) is 13.2 Å². The highest BCUT2D eigenvalue weighted by atomic mass is 32.2. The predicted molar refractivity (Wildman–Crippen MR) is 94.3 cm³/mol. The maximum Gasteiger partial charge on any atom is 0.272 e. The summed E-state index contributed by atoms with van der Waals surface area (Å²) in [6.07, 6.45) is 6.36. The van der Waals surface area contributed by atoms with E-state index in [0.717, 1.165) is 69.3 Å². The summed E-state index contributed by atoms with van der Waals surface area (Å²) in [5.74, 6) is 0.582. The van der Waals surface area contributed by atoms with Gasteiger partial charge in [-0.2, -0.15) is 5.10 Å². The lowest BCUT2D eigenvalue weighted by Crippen LogP contribution is -2.49. The molecule has 1 amide bonds. The fourth-order valence-corrected chi connectivity index (χ4v) is 5.88.